The minimum Gasteiger partial charge on any atom is -0.488 e. The van der Waals surface area contributed by atoms with Crippen LogP contribution in [-0.2, 0) is 11.2 Å². The second kappa shape index (κ2) is 6.82. The van der Waals surface area contributed by atoms with E-state index in [9.17, 15) is 4.79 Å². The number of ether oxygens (including phenoxy) is 1. The largest absolute Gasteiger partial charge is 0.488 e. The van der Waals surface area contributed by atoms with Gasteiger partial charge in [-0.15, -0.1) is 0 Å². The Kier molecular flexibility index (Phi) is 5.10. The van der Waals surface area contributed by atoms with Gasteiger partial charge in [-0.3, -0.25) is 4.79 Å². The Balaban J connectivity index is 1.74. The maximum Gasteiger partial charge on any atom is 0.237 e. The Hall–Kier alpha value is -1.20. The summed E-state index contributed by atoms with van der Waals surface area (Å²) in [6, 6.07) is 7.55. The third kappa shape index (κ3) is 3.88. The zero-order valence-electron chi connectivity index (χ0n) is 11.1. The van der Waals surface area contributed by atoms with Gasteiger partial charge in [0, 0.05) is 6.42 Å². The van der Waals surface area contributed by atoms with Gasteiger partial charge in [0.15, 0.2) is 0 Å². The molecule has 0 spiro atoms. The maximum absolute atomic E-state index is 11.8. The molecule has 19 heavy (non-hydrogen) atoms. The molecule has 1 unspecified atom stereocenters. The number of thioether (sulfide) groups is 1. The lowest BCUT2D eigenvalue weighted by atomic mass is 10.1. The van der Waals surface area contributed by atoms with Crippen molar-refractivity contribution in [3.8, 4) is 5.75 Å². The van der Waals surface area contributed by atoms with Crippen LogP contribution in [0.25, 0.3) is 0 Å². The molecule has 1 aromatic rings. The molecule has 0 fully saturated rings. The molecule has 1 amide bonds. The van der Waals surface area contributed by atoms with Crippen molar-refractivity contribution in [1.29, 1.82) is 0 Å². The molecule has 5 heteroatoms. The highest BCUT2D eigenvalue weighted by atomic mass is 32.2. The highest BCUT2D eigenvalue weighted by Gasteiger charge is 2.23. The van der Waals surface area contributed by atoms with Crippen molar-refractivity contribution >= 4 is 17.7 Å². The zero-order valence-corrected chi connectivity index (χ0v) is 11.9. The van der Waals surface area contributed by atoms with Crippen LogP contribution in [-0.4, -0.2) is 36.6 Å². The highest BCUT2D eigenvalue weighted by Crippen LogP contribution is 2.27. The number of benzene rings is 1. The van der Waals surface area contributed by atoms with Gasteiger partial charge in [0.1, 0.15) is 11.9 Å². The predicted molar refractivity (Wildman–Crippen MR) is 78.5 cm³/mol. The van der Waals surface area contributed by atoms with E-state index < -0.39 is 6.04 Å². The summed E-state index contributed by atoms with van der Waals surface area (Å²) in [4.78, 5) is 11.8. The van der Waals surface area contributed by atoms with Gasteiger partial charge < -0.3 is 15.8 Å². The molecule has 2 atom stereocenters. The summed E-state index contributed by atoms with van der Waals surface area (Å²) in [6.07, 6.45) is 3.58. The molecular formula is C14H20N2O2S. The van der Waals surface area contributed by atoms with E-state index in [2.05, 4.69) is 11.4 Å². The monoisotopic (exact) mass is 280 g/mol. The fourth-order valence-corrected chi connectivity index (χ4v) is 2.58. The average Bonchev–Trinajstić information content (AvgIpc) is 2.84. The van der Waals surface area contributed by atoms with E-state index in [1.807, 2.05) is 24.5 Å². The van der Waals surface area contributed by atoms with Crippen LogP contribution in [0.5, 0.6) is 5.75 Å². The Morgan fingerprint density at radius 2 is 2.37 bits per heavy atom. The van der Waals surface area contributed by atoms with E-state index in [0.717, 1.165) is 17.9 Å². The molecule has 4 nitrogen and oxygen atoms in total. The summed E-state index contributed by atoms with van der Waals surface area (Å²) >= 11 is 1.70. The first-order valence-corrected chi connectivity index (χ1v) is 7.87. The van der Waals surface area contributed by atoms with Crippen LogP contribution in [0.2, 0.25) is 0 Å². The summed E-state index contributed by atoms with van der Waals surface area (Å²) < 4.78 is 5.76. The Morgan fingerprint density at radius 1 is 1.58 bits per heavy atom. The van der Waals surface area contributed by atoms with Crippen LogP contribution in [0.4, 0.5) is 0 Å². The van der Waals surface area contributed by atoms with Crippen LogP contribution in [0.3, 0.4) is 0 Å². The van der Waals surface area contributed by atoms with E-state index in [1.165, 1.54) is 5.56 Å². The SMILES string of the molecule is CSCC[C@@H](N)C(=O)NCC1Cc2ccccc2O1. The van der Waals surface area contributed by atoms with Gasteiger partial charge in [-0.2, -0.15) is 11.8 Å². The number of para-hydroxylation sites is 1. The van der Waals surface area contributed by atoms with E-state index >= 15 is 0 Å². The minimum atomic E-state index is -0.420. The molecule has 0 aromatic heterocycles. The molecule has 0 saturated heterocycles. The first kappa shape index (κ1) is 14.2. The van der Waals surface area contributed by atoms with Crippen LogP contribution in [0, 0.1) is 0 Å². The van der Waals surface area contributed by atoms with Gasteiger partial charge in [-0.05, 0) is 30.1 Å². The lowest BCUT2D eigenvalue weighted by molar-refractivity contribution is -0.122. The fraction of sp³-hybridized carbons (Fsp3) is 0.500. The smallest absolute Gasteiger partial charge is 0.237 e. The number of hydrogen-bond donors (Lipinski definition) is 2. The number of amides is 1. The van der Waals surface area contributed by atoms with Gasteiger partial charge >= 0.3 is 0 Å². The molecule has 3 N–H and O–H groups in total. The quantitative estimate of drug-likeness (QED) is 0.821. The van der Waals surface area contributed by atoms with E-state index in [1.54, 1.807) is 11.8 Å². The Bertz CT molecular complexity index is 414. The number of carbonyl (C=O) groups excluding carboxylic acids is 1. The molecule has 2 rings (SSSR count). The number of nitrogens with one attached hydrogen (secondary N) is 1. The molecule has 1 aliphatic rings. The summed E-state index contributed by atoms with van der Waals surface area (Å²) in [6.45, 7) is 0.514. The second-order valence-electron chi connectivity index (χ2n) is 4.68. The van der Waals surface area contributed by atoms with Gasteiger partial charge in [0.25, 0.3) is 0 Å². The minimum absolute atomic E-state index is 0.0223. The summed E-state index contributed by atoms with van der Waals surface area (Å²) in [5.74, 6) is 1.74. The van der Waals surface area contributed by atoms with Gasteiger partial charge in [-0.1, -0.05) is 18.2 Å². The van der Waals surface area contributed by atoms with Crippen molar-refractivity contribution in [3.05, 3.63) is 29.8 Å². The lowest BCUT2D eigenvalue weighted by Crippen LogP contribution is -2.44. The molecule has 1 heterocycles. The number of rotatable bonds is 6. The van der Waals surface area contributed by atoms with Gasteiger partial charge in [-0.25, -0.2) is 0 Å². The van der Waals surface area contributed by atoms with Crippen LogP contribution in [0.15, 0.2) is 24.3 Å². The summed E-state index contributed by atoms with van der Waals surface area (Å²) in [5.41, 5.74) is 7.01. The molecule has 0 saturated carbocycles. The molecule has 0 aliphatic carbocycles. The summed E-state index contributed by atoms with van der Waals surface area (Å²) in [7, 11) is 0. The maximum atomic E-state index is 11.8. The molecule has 104 valence electrons. The first-order valence-electron chi connectivity index (χ1n) is 6.47. The molecule has 0 bridgehead atoms. The Labute approximate surface area is 118 Å². The molecular weight excluding hydrogens is 260 g/mol. The highest BCUT2D eigenvalue weighted by molar-refractivity contribution is 7.98. The van der Waals surface area contributed by atoms with Crippen molar-refractivity contribution in [2.45, 2.75) is 25.0 Å². The van der Waals surface area contributed by atoms with Crippen molar-refractivity contribution in [3.63, 3.8) is 0 Å². The van der Waals surface area contributed by atoms with Gasteiger partial charge in [0.2, 0.25) is 5.91 Å². The van der Waals surface area contributed by atoms with Crippen molar-refractivity contribution in [2.24, 2.45) is 5.73 Å². The fourth-order valence-electron chi connectivity index (χ4n) is 2.09. The number of carbonyl (C=O) groups is 1. The van der Waals surface area contributed by atoms with E-state index in [4.69, 9.17) is 10.5 Å². The zero-order chi connectivity index (χ0) is 13.7. The van der Waals surface area contributed by atoms with Crippen LogP contribution < -0.4 is 15.8 Å². The third-order valence-corrected chi connectivity index (χ3v) is 3.83. The van der Waals surface area contributed by atoms with Crippen LogP contribution >= 0.6 is 11.8 Å². The normalized spacial score (nSPS) is 18.5. The molecule has 1 aliphatic heterocycles. The topological polar surface area (TPSA) is 64.4 Å². The van der Waals surface area contributed by atoms with Crippen molar-refractivity contribution < 1.29 is 9.53 Å². The molecule has 1 aromatic carbocycles. The molecule has 0 radical (unpaired) electrons. The van der Waals surface area contributed by atoms with Gasteiger partial charge in [0.05, 0.1) is 12.6 Å². The Morgan fingerprint density at radius 3 is 3.11 bits per heavy atom. The average molecular weight is 280 g/mol. The van der Waals surface area contributed by atoms with E-state index in [0.29, 0.717) is 13.0 Å². The van der Waals surface area contributed by atoms with Crippen molar-refractivity contribution in [1.82, 2.24) is 5.32 Å². The number of hydrogen-bond acceptors (Lipinski definition) is 4. The first-order chi connectivity index (χ1) is 9.20. The third-order valence-electron chi connectivity index (χ3n) is 3.19. The summed E-state index contributed by atoms with van der Waals surface area (Å²) in [5, 5.41) is 2.87. The number of nitrogens with two attached hydrogens (primary N) is 1. The van der Waals surface area contributed by atoms with Crippen LogP contribution in [0.1, 0.15) is 12.0 Å². The van der Waals surface area contributed by atoms with Crippen molar-refractivity contribution in [2.75, 3.05) is 18.6 Å². The lowest BCUT2D eigenvalue weighted by Gasteiger charge is -2.15. The second-order valence-corrected chi connectivity index (χ2v) is 5.67. The standard InChI is InChI=1S/C14H20N2O2S/c1-19-7-6-12(15)14(17)16-9-11-8-10-4-2-3-5-13(10)18-11/h2-5,11-12H,6-9,15H2,1H3,(H,16,17)/t11?,12-/m1/s1. The number of fused-ring (bicyclic) bond motifs is 1. The van der Waals surface area contributed by atoms with E-state index in [-0.39, 0.29) is 12.0 Å². The predicted octanol–water partition coefficient (Wildman–Crippen LogP) is 1.19.